The quantitative estimate of drug-likeness (QED) is 0.142. The smallest absolute Gasteiger partial charge is 0.421 e. The standard InChI is InChI=1S/C24H29F3O3S2/c1-5-17(10-8-6-7-9-13-30-22(28)15(2)3)31-18-11-12-19-16(4)21(24(25,26)27)23(29)32-20(19)14-18/h11-12,14,17H,2,5-10,13H2,1,3-4H3. The van der Waals surface area contributed by atoms with Crippen molar-refractivity contribution in [2.75, 3.05) is 6.61 Å². The number of carbonyl (C=O) groups excluding carboxylic acids is 1. The summed E-state index contributed by atoms with van der Waals surface area (Å²) in [6, 6.07) is 5.37. The number of thioether (sulfide) groups is 1. The van der Waals surface area contributed by atoms with Crippen LogP contribution in [-0.2, 0) is 15.7 Å². The van der Waals surface area contributed by atoms with Crippen molar-refractivity contribution in [3.8, 4) is 0 Å². The highest BCUT2D eigenvalue weighted by atomic mass is 32.2. The molecule has 0 fully saturated rings. The van der Waals surface area contributed by atoms with Crippen LogP contribution in [0.1, 0.15) is 63.5 Å². The first-order valence-electron chi connectivity index (χ1n) is 10.7. The van der Waals surface area contributed by atoms with Gasteiger partial charge in [-0.1, -0.05) is 50.2 Å². The Morgan fingerprint density at radius 1 is 1.22 bits per heavy atom. The highest BCUT2D eigenvalue weighted by Crippen LogP contribution is 2.36. The average molecular weight is 487 g/mol. The van der Waals surface area contributed by atoms with Crippen LogP contribution in [0.2, 0.25) is 0 Å². The molecule has 0 aliphatic rings. The molecule has 0 spiro atoms. The second-order valence-electron chi connectivity index (χ2n) is 7.81. The van der Waals surface area contributed by atoms with Crippen LogP contribution in [0.3, 0.4) is 0 Å². The molecule has 1 atom stereocenters. The van der Waals surface area contributed by atoms with Gasteiger partial charge in [-0.2, -0.15) is 13.2 Å². The second kappa shape index (κ2) is 11.9. The summed E-state index contributed by atoms with van der Waals surface area (Å²) < 4.78 is 44.3. The lowest BCUT2D eigenvalue weighted by atomic mass is 10.1. The zero-order valence-electron chi connectivity index (χ0n) is 18.6. The molecule has 0 saturated carbocycles. The van der Waals surface area contributed by atoms with Crippen molar-refractivity contribution < 1.29 is 22.7 Å². The van der Waals surface area contributed by atoms with E-state index in [4.69, 9.17) is 4.74 Å². The normalized spacial score (nSPS) is 12.7. The highest BCUT2D eigenvalue weighted by molar-refractivity contribution is 8.00. The van der Waals surface area contributed by atoms with Gasteiger partial charge in [0.2, 0.25) is 4.74 Å². The lowest BCUT2D eigenvalue weighted by Crippen LogP contribution is -2.18. The SMILES string of the molecule is C=C(C)C(=O)OCCCCCCC(CC)Sc1ccc2c(C)c(C(F)(F)F)c(=O)sc2c1. The number of carbonyl (C=O) groups is 1. The summed E-state index contributed by atoms with van der Waals surface area (Å²) in [5.41, 5.74) is -0.658. The molecule has 2 aromatic rings. The number of rotatable bonds is 11. The van der Waals surface area contributed by atoms with E-state index >= 15 is 0 Å². The number of esters is 1. The van der Waals surface area contributed by atoms with E-state index in [0.29, 0.717) is 38.9 Å². The van der Waals surface area contributed by atoms with Crippen molar-refractivity contribution in [2.24, 2.45) is 0 Å². The molecule has 0 bridgehead atoms. The Balaban J connectivity index is 1.91. The monoisotopic (exact) mass is 486 g/mol. The minimum absolute atomic E-state index is 0.00577. The summed E-state index contributed by atoms with van der Waals surface area (Å²) in [6.45, 7) is 9.07. The van der Waals surface area contributed by atoms with Crippen molar-refractivity contribution in [1.29, 1.82) is 0 Å². The summed E-state index contributed by atoms with van der Waals surface area (Å²) in [5.74, 6) is -0.349. The van der Waals surface area contributed by atoms with Crippen molar-refractivity contribution in [3.63, 3.8) is 0 Å². The lowest BCUT2D eigenvalue weighted by molar-refractivity contribution is -0.139. The van der Waals surface area contributed by atoms with Crippen molar-refractivity contribution in [1.82, 2.24) is 0 Å². The predicted octanol–water partition coefficient (Wildman–Crippen LogP) is 7.53. The maximum Gasteiger partial charge on any atom is 0.421 e. The van der Waals surface area contributed by atoms with Crippen LogP contribution in [0, 0.1) is 6.92 Å². The summed E-state index contributed by atoms with van der Waals surface area (Å²) in [5, 5.41) is 0.868. The summed E-state index contributed by atoms with van der Waals surface area (Å²) >= 11 is 2.36. The van der Waals surface area contributed by atoms with Crippen molar-refractivity contribution in [3.05, 3.63) is 51.0 Å². The molecule has 3 nitrogen and oxygen atoms in total. The van der Waals surface area contributed by atoms with Crippen LogP contribution >= 0.6 is 23.1 Å². The molecule has 0 aliphatic heterocycles. The van der Waals surface area contributed by atoms with E-state index in [2.05, 4.69) is 13.5 Å². The largest absolute Gasteiger partial charge is 0.462 e. The molecule has 8 heteroatoms. The van der Waals surface area contributed by atoms with E-state index < -0.39 is 16.5 Å². The Labute approximate surface area is 195 Å². The highest BCUT2D eigenvalue weighted by Gasteiger charge is 2.36. The summed E-state index contributed by atoms with van der Waals surface area (Å²) in [4.78, 5) is 24.4. The van der Waals surface area contributed by atoms with E-state index in [1.807, 2.05) is 12.1 Å². The van der Waals surface area contributed by atoms with E-state index in [-0.39, 0.29) is 11.5 Å². The van der Waals surface area contributed by atoms with Crippen molar-refractivity contribution >= 4 is 39.2 Å². The Kier molecular flexibility index (Phi) is 9.83. The van der Waals surface area contributed by atoms with E-state index in [1.54, 1.807) is 24.8 Å². The number of halogens is 3. The van der Waals surface area contributed by atoms with Crippen LogP contribution in [0.5, 0.6) is 0 Å². The van der Waals surface area contributed by atoms with E-state index in [0.717, 1.165) is 43.4 Å². The zero-order chi connectivity index (χ0) is 23.9. The molecule has 0 aliphatic carbocycles. The number of aryl methyl sites for hydroxylation is 1. The molecule has 1 heterocycles. The lowest BCUT2D eigenvalue weighted by Gasteiger charge is -2.16. The van der Waals surface area contributed by atoms with Gasteiger partial charge in [-0.25, -0.2) is 4.79 Å². The van der Waals surface area contributed by atoms with Gasteiger partial charge >= 0.3 is 12.1 Å². The van der Waals surface area contributed by atoms with Gasteiger partial charge in [-0.3, -0.25) is 4.79 Å². The minimum atomic E-state index is -4.64. The van der Waals surface area contributed by atoms with Crippen LogP contribution < -0.4 is 4.74 Å². The van der Waals surface area contributed by atoms with Gasteiger partial charge in [0.15, 0.2) is 0 Å². The van der Waals surface area contributed by atoms with Crippen LogP contribution in [-0.4, -0.2) is 17.8 Å². The molecule has 32 heavy (non-hydrogen) atoms. The van der Waals surface area contributed by atoms with Gasteiger partial charge in [0.25, 0.3) is 0 Å². The van der Waals surface area contributed by atoms with Gasteiger partial charge in [-0.05, 0) is 56.2 Å². The molecule has 0 N–H and O–H groups in total. The maximum absolute atomic E-state index is 13.2. The molecule has 1 aromatic carbocycles. The molecule has 0 saturated heterocycles. The molecule has 1 unspecified atom stereocenters. The van der Waals surface area contributed by atoms with E-state index in [9.17, 15) is 22.8 Å². The predicted molar refractivity (Wildman–Crippen MR) is 127 cm³/mol. The maximum atomic E-state index is 13.2. The van der Waals surface area contributed by atoms with Crippen LogP contribution in [0.15, 0.2) is 40.0 Å². The molecular formula is C24H29F3O3S2. The van der Waals surface area contributed by atoms with Crippen molar-refractivity contribution in [2.45, 2.75) is 75.6 Å². The number of ether oxygens (including phenoxy) is 1. The number of unbranched alkanes of at least 4 members (excludes halogenated alkanes) is 3. The first kappa shape index (κ1) is 26.5. The molecule has 2 rings (SSSR count). The third-order valence-electron chi connectivity index (χ3n) is 5.18. The Bertz CT molecular complexity index is 1010. The molecule has 0 radical (unpaired) electrons. The van der Waals surface area contributed by atoms with Crippen LogP contribution in [0.25, 0.3) is 10.1 Å². The first-order valence-corrected chi connectivity index (χ1v) is 12.4. The van der Waals surface area contributed by atoms with Crippen LogP contribution in [0.4, 0.5) is 13.2 Å². The first-order chi connectivity index (χ1) is 15.0. The average Bonchev–Trinajstić information content (AvgIpc) is 2.70. The molecular weight excluding hydrogens is 457 g/mol. The number of alkyl halides is 3. The number of fused-ring (bicyclic) bond motifs is 1. The van der Waals surface area contributed by atoms with Gasteiger partial charge in [-0.15, -0.1) is 11.8 Å². The third kappa shape index (κ3) is 7.37. The second-order valence-corrected chi connectivity index (χ2v) is 10.2. The van der Waals surface area contributed by atoms with Gasteiger partial charge in [0.1, 0.15) is 5.56 Å². The Morgan fingerprint density at radius 3 is 2.53 bits per heavy atom. The summed E-state index contributed by atoms with van der Waals surface area (Å²) in [7, 11) is 0. The molecule has 0 amide bonds. The number of hydrogen-bond donors (Lipinski definition) is 0. The van der Waals surface area contributed by atoms with Gasteiger partial charge < -0.3 is 4.74 Å². The number of benzene rings is 1. The zero-order valence-corrected chi connectivity index (χ0v) is 20.3. The fourth-order valence-electron chi connectivity index (χ4n) is 3.39. The fourth-order valence-corrected chi connectivity index (χ4v) is 5.72. The van der Waals surface area contributed by atoms with E-state index in [1.165, 1.54) is 6.92 Å². The Morgan fingerprint density at radius 2 is 1.91 bits per heavy atom. The Hall–Kier alpha value is -1.80. The minimum Gasteiger partial charge on any atom is -0.462 e. The third-order valence-corrected chi connectivity index (χ3v) is 7.56. The molecule has 1 aromatic heterocycles. The topological polar surface area (TPSA) is 43.4 Å². The summed E-state index contributed by atoms with van der Waals surface area (Å²) in [6.07, 6.45) is 1.25. The van der Waals surface area contributed by atoms with Gasteiger partial charge in [0, 0.05) is 20.4 Å². The fraction of sp³-hybridized carbons (Fsp3) is 0.500. The molecule has 176 valence electrons. The van der Waals surface area contributed by atoms with Gasteiger partial charge in [0.05, 0.1) is 6.61 Å². The number of hydrogen-bond acceptors (Lipinski definition) is 5.